The van der Waals surface area contributed by atoms with Gasteiger partial charge in [0.1, 0.15) is 5.75 Å². The maximum Gasteiger partial charge on any atom is 0.176 e. The van der Waals surface area contributed by atoms with Crippen LogP contribution in [0.15, 0.2) is 24.3 Å². The standard InChI is InChI=1S/C17H22O2/c1-11-7-12(2)9-14(8-11)17(18)16-10-13-5-3-4-6-15(13)19-16/h3-6,11-12,14,16H,7-10H2,1-2H3. The third kappa shape index (κ3) is 2.54. The molecule has 1 heterocycles. The second-order valence-corrected chi connectivity index (χ2v) is 6.44. The van der Waals surface area contributed by atoms with Crippen LogP contribution in [0.2, 0.25) is 0 Å². The number of Topliss-reactive ketones (excluding diaryl/α,β-unsaturated/α-hetero) is 1. The topological polar surface area (TPSA) is 26.3 Å². The van der Waals surface area contributed by atoms with Gasteiger partial charge in [0, 0.05) is 12.3 Å². The maximum absolute atomic E-state index is 12.6. The number of ketones is 1. The van der Waals surface area contributed by atoms with Crippen molar-refractivity contribution in [1.82, 2.24) is 0 Å². The lowest BCUT2D eigenvalue weighted by Gasteiger charge is -2.31. The monoisotopic (exact) mass is 258 g/mol. The van der Waals surface area contributed by atoms with Gasteiger partial charge < -0.3 is 4.74 Å². The third-order valence-corrected chi connectivity index (χ3v) is 4.55. The SMILES string of the molecule is CC1CC(C)CC(C(=O)C2Cc3ccccc3O2)C1. The molecule has 0 radical (unpaired) electrons. The number of ether oxygens (including phenoxy) is 1. The Morgan fingerprint density at radius 2 is 1.79 bits per heavy atom. The van der Waals surface area contributed by atoms with Crippen molar-refractivity contribution in [3.63, 3.8) is 0 Å². The van der Waals surface area contributed by atoms with E-state index in [0.29, 0.717) is 17.6 Å². The van der Waals surface area contributed by atoms with E-state index in [4.69, 9.17) is 4.74 Å². The highest BCUT2D eigenvalue weighted by Crippen LogP contribution is 2.36. The zero-order valence-electron chi connectivity index (χ0n) is 11.8. The number of fused-ring (bicyclic) bond motifs is 1. The molecule has 1 saturated carbocycles. The van der Waals surface area contributed by atoms with Crippen LogP contribution in [-0.2, 0) is 11.2 Å². The molecule has 2 nitrogen and oxygen atoms in total. The van der Waals surface area contributed by atoms with Gasteiger partial charge in [-0.2, -0.15) is 0 Å². The molecule has 19 heavy (non-hydrogen) atoms. The quantitative estimate of drug-likeness (QED) is 0.809. The lowest BCUT2D eigenvalue weighted by atomic mass is 9.74. The van der Waals surface area contributed by atoms with E-state index in [0.717, 1.165) is 25.0 Å². The van der Waals surface area contributed by atoms with Crippen LogP contribution in [0.5, 0.6) is 5.75 Å². The Kier molecular flexibility index (Phi) is 3.34. The highest BCUT2D eigenvalue weighted by Gasteiger charge is 2.36. The maximum atomic E-state index is 12.6. The van der Waals surface area contributed by atoms with Crippen molar-refractivity contribution in [2.45, 2.75) is 45.6 Å². The van der Waals surface area contributed by atoms with Crippen LogP contribution in [0, 0.1) is 17.8 Å². The normalized spacial score (nSPS) is 33.6. The minimum atomic E-state index is -0.236. The zero-order chi connectivity index (χ0) is 13.4. The first-order valence-corrected chi connectivity index (χ1v) is 7.41. The van der Waals surface area contributed by atoms with Crippen molar-refractivity contribution in [2.75, 3.05) is 0 Å². The van der Waals surface area contributed by atoms with Crippen molar-refractivity contribution in [3.8, 4) is 5.75 Å². The number of carbonyl (C=O) groups excluding carboxylic acids is 1. The van der Waals surface area contributed by atoms with Gasteiger partial charge in [-0.15, -0.1) is 0 Å². The largest absolute Gasteiger partial charge is 0.482 e. The molecule has 0 saturated heterocycles. The van der Waals surface area contributed by atoms with Crippen LogP contribution >= 0.6 is 0 Å². The summed E-state index contributed by atoms with van der Waals surface area (Å²) in [5, 5.41) is 0. The zero-order valence-corrected chi connectivity index (χ0v) is 11.8. The molecule has 2 aliphatic rings. The smallest absolute Gasteiger partial charge is 0.176 e. The summed E-state index contributed by atoms with van der Waals surface area (Å²) in [6.07, 6.45) is 3.86. The van der Waals surface area contributed by atoms with E-state index in [9.17, 15) is 4.79 Å². The summed E-state index contributed by atoms with van der Waals surface area (Å²) in [7, 11) is 0. The predicted molar refractivity (Wildman–Crippen MR) is 75.2 cm³/mol. The van der Waals surface area contributed by atoms with Gasteiger partial charge >= 0.3 is 0 Å². The first kappa shape index (κ1) is 12.7. The van der Waals surface area contributed by atoms with E-state index in [1.807, 2.05) is 18.2 Å². The summed E-state index contributed by atoms with van der Waals surface area (Å²) >= 11 is 0. The molecule has 1 aliphatic heterocycles. The fourth-order valence-electron chi connectivity index (χ4n) is 3.78. The van der Waals surface area contributed by atoms with Crippen molar-refractivity contribution >= 4 is 5.78 Å². The van der Waals surface area contributed by atoms with Gasteiger partial charge in [0.15, 0.2) is 11.9 Å². The Hall–Kier alpha value is -1.31. The molecule has 0 amide bonds. The van der Waals surface area contributed by atoms with Crippen LogP contribution < -0.4 is 4.74 Å². The van der Waals surface area contributed by atoms with Crippen molar-refractivity contribution in [3.05, 3.63) is 29.8 Å². The number of benzene rings is 1. The average molecular weight is 258 g/mol. The first-order chi connectivity index (χ1) is 9.13. The summed E-state index contributed by atoms with van der Waals surface area (Å²) in [6, 6.07) is 8.01. The van der Waals surface area contributed by atoms with E-state index < -0.39 is 0 Å². The molecule has 1 aromatic carbocycles. The van der Waals surface area contributed by atoms with Crippen LogP contribution in [0.1, 0.15) is 38.7 Å². The lowest BCUT2D eigenvalue weighted by Crippen LogP contribution is -2.35. The molecule has 0 N–H and O–H groups in total. The van der Waals surface area contributed by atoms with E-state index in [1.165, 1.54) is 12.0 Å². The number of para-hydroxylation sites is 1. The fourth-order valence-corrected chi connectivity index (χ4v) is 3.78. The van der Waals surface area contributed by atoms with Crippen molar-refractivity contribution in [1.29, 1.82) is 0 Å². The minimum Gasteiger partial charge on any atom is -0.482 e. The van der Waals surface area contributed by atoms with Gasteiger partial charge in [0.05, 0.1) is 0 Å². The van der Waals surface area contributed by atoms with Crippen LogP contribution in [-0.4, -0.2) is 11.9 Å². The molecule has 3 rings (SSSR count). The number of hydrogen-bond acceptors (Lipinski definition) is 2. The second-order valence-electron chi connectivity index (χ2n) is 6.44. The fraction of sp³-hybridized carbons (Fsp3) is 0.588. The molecule has 3 atom stereocenters. The molecule has 3 unspecified atom stereocenters. The molecule has 1 aromatic rings. The molecule has 0 aromatic heterocycles. The third-order valence-electron chi connectivity index (χ3n) is 4.55. The lowest BCUT2D eigenvalue weighted by molar-refractivity contribution is -0.131. The van der Waals surface area contributed by atoms with Crippen LogP contribution in [0.25, 0.3) is 0 Å². The van der Waals surface area contributed by atoms with E-state index >= 15 is 0 Å². The second kappa shape index (κ2) is 4.99. The van der Waals surface area contributed by atoms with Crippen LogP contribution in [0.3, 0.4) is 0 Å². The summed E-state index contributed by atoms with van der Waals surface area (Å²) in [5.41, 5.74) is 1.18. The summed E-state index contributed by atoms with van der Waals surface area (Å²) in [5.74, 6) is 2.77. The highest BCUT2D eigenvalue weighted by molar-refractivity contribution is 5.87. The van der Waals surface area contributed by atoms with Gasteiger partial charge in [-0.3, -0.25) is 4.79 Å². The van der Waals surface area contributed by atoms with Gasteiger partial charge in [-0.25, -0.2) is 0 Å². The molecule has 1 aliphatic carbocycles. The molecule has 102 valence electrons. The Balaban J connectivity index is 1.69. The molecule has 1 fully saturated rings. The van der Waals surface area contributed by atoms with Gasteiger partial charge in [-0.1, -0.05) is 32.0 Å². The molecular weight excluding hydrogens is 236 g/mol. The van der Waals surface area contributed by atoms with Gasteiger partial charge in [-0.05, 0) is 42.7 Å². The highest BCUT2D eigenvalue weighted by atomic mass is 16.5. The minimum absolute atomic E-state index is 0.207. The van der Waals surface area contributed by atoms with Crippen molar-refractivity contribution in [2.24, 2.45) is 17.8 Å². The summed E-state index contributed by atoms with van der Waals surface area (Å²) in [6.45, 7) is 4.53. The Morgan fingerprint density at radius 3 is 2.47 bits per heavy atom. The first-order valence-electron chi connectivity index (χ1n) is 7.41. The summed E-state index contributed by atoms with van der Waals surface area (Å²) < 4.78 is 5.84. The van der Waals surface area contributed by atoms with Crippen LogP contribution in [0.4, 0.5) is 0 Å². The predicted octanol–water partition coefficient (Wildman–Crippen LogP) is 3.63. The van der Waals surface area contributed by atoms with E-state index in [2.05, 4.69) is 19.9 Å². The Morgan fingerprint density at radius 1 is 1.11 bits per heavy atom. The summed E-state index contributed by atoms with van der Waals surface area (Å²) in [4.78, 5) is 12.6. The van der Waals surface area contributed by atoms with Gasteiger partial charge in [0.2, 0.25) is 0 Å². The number of carbonyl (C=O) groups is 1. The average Bonchev–Trinajstić information content (AvgIpc) is 2.80. The number of hydrogen-bond donors (Lipinski definition) is 0. The molecular formula is C17H22O2. The van der Waals surface area contributed by atoms with E-state index in [-0.39, 0.29) is 12.0 Å². The molecule has 0 spiro atoms. The van der Waals surface area contributed by atoms with Crippen molar-refractivity contribution < 1.29 is 9.53 Å². The molecule has 0 bridgehead atoms. The van der Waals surface area contributed by atoms with Gasteiger partial charge in [0.25, 0.3) is 0 Å². The van der Waals surface area contributed by atoms with E-state index in [1.54, 1.807) is 0 Å². The number of rotatable bonds is 2. The molecule has 2 heteroatoms. The Labute approximate surface area is 115 Å². The Bertz CT molecular complexity index is 445.